The number of nitrogens with two attached hydrogens (primary N) is 1. The van der Waals surface area contributed by atoms with Crippen molar-refractivity contribution in [3.05, 3.63) is 35.4 Å². The lowest BCUT2D eigenvalue weighted by atomic mass is 10.1. The lowest BCUT2D eigenvalue weighted by molar-refractivity contribution is 0.939. The quantitative estimate of drug-likeness (QED) is 0.925. The summed E-state index contributed by atoms with van der Waals surface area (Å²) in [5.74, 6) is 0.837. The van der Waals surface area contributed by atoms with Crippen LogP contribution in [0.2, 0.25) is 0 Å². The second kappa shape index (κ2) is 5.48. The number of hydrogen-bond acceptors (Lipinski definition) is 4. The highest BCUT2D eigenvalue weighted by Gasteiger charge is 2.18. The number of pyridine rings is 1. The van der Waals surface area contributed by atoms with Crippen LogP contribution < -0.4 is 10.6 Å². The van der Waals surface area contributed by atoms with E-state index in [1.807, 2.05) is 12.1 Å². The third-order valence-electron chi connectivity index (χ3n) is 3.82. The van der Waals surface area contributed by atoms with Crippen molar-refractivity contribution in [2.24, 2.45) is 5.73 Å². The molecule has 1 saturated heterocycles. The Morgan fingerprint density at radius 1 is 1.25 bits per heavy atom. The zero-order valence-electron chi connectivity index (χ0n) is 11.5. The van der Waals surface area contributed by atoms with Gasteiger partial charge in [-0.15, -0.1) is 0 Å². The molecule has 2 aromatic rings. The van der Waals surface area contributed by atoms with E-state index in [2.05, 4.69) is 23.1 Å². The van der Waals surface area contributed by atoms with Gasteiger partial charge in [-0.2, -0.15) is 5.26 Å². The number of rotatable bonds is 3. The summed E-state index contributed by atoms with van der Waals surface area (Å²) in [5.41, 5.74) is 8.41. The van der Waals surface area contributed by atoms with Crippen molar-refractivity contribution in [3.63, 3.8) is 0 Å². The molecule has 2 heterocycles. The van der Waals surface area contributed by atoms with Crippen molar-refractivity contribution in [1.29, 1.82) is 5.26 Å². The molecule has 1 fully saturated rings. The molecule has 0 aliphatic carbocycles. The summed E-state index contributed by atoms with van der Waals surface area (Å²) in [4.78, 5) is 6.92. The molecule has 0 spiro atoms. The SMILES string of the molecule is N#Cc1cc2cc(CCN)ccc2nc1N1CCCC1. The fraction of sp³-hybridized carbons (Fsp3) is 0.375. The summed E-state index contributed by atoms with van der Waals surface area (Å²) < 4.78 is 0. The molecule has 1 aliphatic heterocycles. The molecule has 102 valence electrons. The van der Waals surface area contributed by atoms with Gasteiger partial charge in [0, 0.05) is 18.5 Å². The van der Waals surface area contributed by atoms with Crippen LogP contribution in [-0.4, -0.2) is 24.6 Å². The van der Waals surface area contributed by atoms with Gasteiger partial charge in [0.2, 0.25) is 0 Å². The normalized spacial score (nSPS) is 14.7. The third-order valence-corrected chi connectivity index (χ3v) is 3.82. The Kier molecular flexibility index (Phi) is 3.53. The number of benzene rings is 1. The standard InChI is InChI=1S/C16H18N4/c17-6-5-12-3-4-15-13(9-12)10-14(11-18)16(19-15)20-7-1-2-8-20/h3-4,9-10H,1-2,5-8,17H2. The van der Waals surface area contributed by atoms with Crippen molar-refractivity contribution in [3.8, 4) is 6.07 Å². The fourth-order valence-electron chi connectivity index (χ4n) is 2.79. The molecular weight excluding hydrogens is 248 g/mol. The van der Waals surface area contributed by atoms with Crippen molar-refractivity contribution < 1.29 is 0 Å². The van der Waals surface area contributed by atoms with Gasteiger partial charge in [0.05, 0.1) is 11.1 Å². The van der Waals surface area contributed by atoms with Crippen LogP contribution in [0.5, 0.6) is 0 Å². The minimum Gasteiger partial charge on any atom is -0.356 e. The van der Waals surface area contributed by atoms with E-state index in [1.165, 1.54) is 18.4 Å². The van der Waals surface area contributed by atoms with Crippen molar-refractivity contribution >= 4 is 16.7 Å². The van der Waals surface area contributed by atoms with E-state index in [1.54, 1.807) is 0 Å². The molecule has 0 bridgehead atoms. The average molecular weight is 266 g/mol. The summed E-state index contributed by atoms with van der Waals surface area (Å²) in [5, 5.41) is 10.4. The Morgan fingerprint density at radius 2 is 2.05 bits per heavy atom. The average Bonchev–Trinajstić information content (AvgIpc) is 3.00. The molecule has 1 aromatic heterocycles. The lowest BCUT2D eigenvalue weighted by Gasteiger charge is -2.18. The zero-order valence-corrected chi connectivity index (χ0v) is 11.5. The van der Waals surface area contributed by atoms with Gasteiger partial charge in [0.25, 0.3) is 0 Å². The molecule has 1 aromatic carbocycles. The molecule has 0 amide bonds. The number of nitrogens with zero attached hydrogens (tertiary/aromatic N) is 3. The van der Waals surface area contributed by atoms with Crippen LogP contribution in [0.25, 0.3) is 10.9 Å². The van der Waals surface area contributed by atoms with E-state index in [0.717, 1.165) is 36.2 Å². The molecule has 0 unspecified atom stereocenters. The van der Waals surface area contributed by atoms with Gasteiger partial charge in [-0.1, -0.05) is 6.07 Å². The first-order valence-corrected chi connectivity index (χ1v) is 7.10. The molecule has 20 heavy (non-hydrogen) atoms. The molecule has 4 heteroatoms. The van der Waals surface area contributed by atoms with Crippen molar-refractivity contribution in [2.75, 3.05) is 24.5 Å². The molecule has 4 nitrogen and oxygen atoms in total. The Hall–Kier alpha value is -2.12. The Labute approximate surface area is 118 Å². The lowest BCUT2D eigenvalue weighted by Crippen LogP contribution is -2.20. The van der Waals surface area contributed by atoms with Crippen LogP contribution in [0.3, 0.4) is 0 Å². The van der Waals surface area contributed by atoms with Crippen LogP contribution in [-0.2, 0) is 6.42 Å². The first-order valence-electron chi connectivity index (χ1n) is 7.10. The largest absolute Gasteiger partial charge is 0.356 e. The monoisotopic (exact) mass is 266 g/mol. The first-order chi connectivity index (χ1) is 9.81. The molecule has 2 N–H and O–H groups in total. The fourth-order valence-corrected chi connectivity index (χ4v) is 2.79. The van der Waals surface area contributed by atoms with Crippen LogP contribution in [0, 0.1) is 11.3 Å². The smallest absolute Gasteiger partial charge is 0.147 e. The highest BCUT2D eigenvalue weighted by atomic mass is 15.2. The van der Waals surface area contributed by atoms with Gasteiger partial charge in [0.15, 0.2) is 0 Å². The minimum absolute atomic E-state index is 0.635. The minimum atomic E-state index is 0.635. The predicted molar refractivity (Wildman–Crippen MR) is 80.7 cm³/mol. The van der Waals surface area contributed by atoms with Crippen LogP contribution >= 0.6 is 0 Å². The summed E-state index contributed by atoms with van der Waals surface area (Å²) in [6.07, 6.45) is 3.21. The predicted octanol–water partition coefficient (Wildman–Crippen LogP) is 2.21. The molecule has 0 saturated carbocycles. The molecule has 1 aliphatic rings. The van der Waals surface area contributed by atoms with E-state index < -0.39 is 0 Å². The third kappa shape index (κ3) is 2.33. The molecule has 0 atom stereocenters. The van der Waals surface area contributed by atoms with Crippen molar-refractivity contribution in [1.82, 2.24) is 4.98 Å². The van der Waals surface area contributed by atoms with Gasteiger partial charge in [0.1, 0.15) is 11.9 Å². The van der Waals surface area contributed by atoms with Gasteiger partial charge >= 0.3 is 0 Å². The molecular formula is C16H18N4. The van der Waals surface area contributed by atoms with Gasteiger partial charge in [-0.25, -0.2) is 4.98 Å². The topological polar surface area (TPSA) is 65.9 Å². The number of nitriles is 1. The van der Waals surface area contributed by atoms with Crippen LogP contribution in [0.1, 0.15) is 24.0 Å². The van der Waals surface area contributed by atoms with E-state index in [0.29, 0.717) is 12.1 Å². The Morgan fingerprint density at radius 3 is 2.75 bits per heavy atom. The summed E-state index contributed by atoms with van der Waals surface area (Å²) >= 11 is 0. The Balaban J connectivity index is 2.08. The van der Waals surface area contributed by atoms with E-state index in [9.17, 15) is 5.26 Å². The molecule has 0 radical (unpaired) electrons. The summed E-state index contributed by atoms with van der Waals surface area (Å²) in [6.45, 7) is 2.63. The second-order valence-electron chi connectivity index (χ2n) is 5.23. The maximum atomic E-state index is 9.37. The molecule has 3 rings (SSSR count). The Bertz CT molecular complexity index is 666. The van der Waals surface area contributed by atoms with Gasteiger partial charge < -0.3 is 10.6 Å². The first kappa shape index (κ1) is 12.9. The number of aromatic nitrogens is 1. The highest BCUT2D eigenvalue weighted by molar-refractivity contribution is 5.83. The number of hydrogen-bond donors (Lipinski definition) is 1. The van der Waals surface area contributed by atoms with Crippen molar-refractivity contribution in [2.45, 2.75) is 19.3 Å². The van der Waals surface area contributed by atoms with E-state index >= 15 is 0 Å². The van der Waals surface area contributed by atoms with Gasteiger partial charge in [-0.05, 0) is 49.6 Å². The van der Waals surface area contributed by atoms with E-state index in [-0.39, 0.29) is 0 Å². The second-order valence-corrected chi connectivity index (χ2v) is 5.23. The summed E-state index contributed by atoms with van der Waals surface area (Å²) in [7, 11) is 0. The zero-order chi connectivity index (χ0) is 13.9. The van der Waals surface area contributed by atoms with Gasteiger partial charge in [-0.3, -0.25) is 0 Å². The maximum absolute atomic E-state index is 9.37. The van der Waals surface area contributed by atoms with Crippen LogP contribution in [0.15, 0.2) is 24.3 Å². The summed E-state index contributed by atoms with van der Waals surface area (Å²) in [6, 6.07) is 10.4. The maximum Gasteiger partial charge on any atom is 0.147 e. The van der Waals surface area contributed by atoms with Crippen LogP contribution in [0.4, 0.5) is 5.82 Å². The highest BCUT2D eigenvalue weighted by Crippen LogP contribution is 2.26. The number of fused-ring (bicyclic) bond motifs is 1. The number of anilines is 1. The van der Waals surface area contributed by atoms with E-state index in [4.69, 9.17) is 10.7 Å².